The van der Waals surface area contributed by atoms with E-state index in [1.807, 2.05) is 11.5 Å². The van der Waals surface area contributed by atoms with Crippen molar-refractivity contribution in [1.29, 1.82) is 0 Å². The van der Waals surface area contributed by atoms with Gasteiger partial charge < -0.3 is 4.74 Å². The Kier molecular flexibility index (Phi) is 5.91. The van der Waals surface area contributed by atoms with Crippen LogP contribution in [0.2, 0.25) is 0 Å². The highest BCUT2D eigenvalue weighted by Gasteiger charge is 2.26. The molecule has 2 aromatic rings. The van der Waals surface area contributed by atoms with E-state index in [-0.39, 0.29) is 18.0 Å². The van der Waals surface area contributed by atoms with E-state index in [0.29, 0.717) is 5.75 Å². The Morgan fingerprint density at radius 3 is 2.29 bits per heavy atom. The topological polar surface area (TPSA) is 102 Å². The molecule has 0 bridgehead atoms. The molecule has 2 rings (SSSR count). The van der Waals surface area contributed by atoms with E-state index in [2.05, 4.69) is 0 Å². The third-order valence-electron chi connectivity index (χ3n) is 3.38. The summed E-state index contributed by atoms with van der Waals surface area (Å²) >= 11 is 0. The van der Waals surface area contributed by atoms with E-state index in [1.54, 1.807) is 36.4 Å². The molecule has 0 aliphatic carbocycles. The van der Waals surface area contributed by atoms with Crippen LogP contribution in [0.5, 0.6) is 5.75 Å². The van der Waals surface area contributed by atoms with Gasteiger partial charge in [-0.1, -0.05) is 30.3 Å². The number of nitrogens with two attached hydrogens (primary N) is 1. The lowest BCUT2D eigenvalue weighted by Crippen LogP contribution is -2.42. The molecule has 0 aliphatic rings. The van der Waals surface area contributed by atoms with Crippen molar-refractivity contribution in [3.05, 3.63) is 60.2 Å². The van der Waals surface area contributed by atoms with Gasteiger partial charge in [0.15, 0.2) is 0 Å². The first-order valence-electron chi connectivity index (χ1n) is 7.15. The molecule has 128 valence electrons. The highest BCUT2D eigenvalue weighted by Crippen LogP contribution is 2.21. The first kappa shape index (κ1) is 17.9. The lowest BCUT2D eigenvalue weighted by molar-refractivity contribution is -0.121. The van der Waals surface area contributed by atoms with Crippen LogP contribution >= 0.6 is 0 Å². The smallest absolute Gasteiger partial charge is 0.249 e. The second kappa shape index (κ2) is 7.91. The Morgan fingerprint density at radius 2 is 1.75 bits per heavy atom. The van der Waals surface area contributed by atoms with Crippen LogP contribution in [0.4, 0.5) is 0 Å². The molecule has 3 N–H and O–H groups in total. The number of hydrazine groups is 1. The first-order chi connectivity index (χ1) is 11.5. The standard InChI is InChI=1S/C16H19N3O4S/c1-23-14-7-9-15(10-8-14)24(21,22)19(12-16(20)18-17)11-13-5-3-2-4-6-13/h2-10H,11-12,17H2,1H3,(H,18,20). The van der Waals surface area contributed by atoms with Gasteiger partial charge in [0.05, 0.1) is 18.6 Å². The van der Waals surface area contributed by atoms with Gasteiger partial charge in [-0.25, -0.2) is 14.3 Å². The minimum Gasteiger partial charge on any atom is -0.497 e. The Hall–Kier alpha value is -2.42. The molecule has 2 aromatic carbocycles. The number of amides is 1. The number of nitrogens with zero attached hydrogens (tertiary/aromatic N) is 1. The monoisotopic (exact) mass is 349 g/mol. The highest BCUT2D eigenvalue weighted by molar-refractivity contribution is 7.89. The molecule has 0 saturated carbocycles. The van der Waals surface area contributed by atoms with Gasteiger partial charge in [0.1, 0.15) is 5.75 Å². The van der Waals surface area contributed by atoms with E-state index in [4.69, 9.17) is 10.6 Å². The van der Waals surface area contributed by atoms with Crippen LogP contribution in [0.25, 0.3) is 0 Å². The normalized spacial score (nSPS) is 11.3. The van der Waals surface area contributed by atoms with Crippen LogP contribution in [-0.4, -0.2) is 32.3 Å². The molecular formula is C16H19N3O4S. The van der Waals surface area contributed by atoms with Gasteiger partial charge in [-0.2, -0.15) is 4.31 Å². The van der Waals surface area contributed by atoms with Crippen molar-refractivity contribution in [2.45, 2.75) is 11.4 Å². The Labute approximate surface area is 141 Å². The molecule has 0 fully saturated rings. The second-order valence-electron chi connectivity index (χ2n) is 5.00. The van der Waals surface area contributed by atoms with Gasteiger partial charge in [0, 0.05) is 6.54 Å². The van der Waals surface area contributed by atoms with Crippen molar-refractivity contribution in [2.75, 3.05) is 13.7 Å². The van der Waals surface area contributed by atoms with Crippen LogP contribution in [0.3, 0.4) is 0 Å². The summed E-state index contributed by atoms with van der Waals surface area (Å²) in [5, 5.41) is 0. The van der Waals surface area contributed by atoms with Crippen LogP contribution < -0.4 is 16.0 Å². The summed E-state index contributed by atoms with van der Waals surface area (Å²) in [5.74, 6) is 5.05. The molecule has 7 nitrogen and oxygen atoms in total. The van der Waals surface area contributed by atoms with Crippen LogP contribution in [0, 0.1) is 0 Å². The second-order valence-corrected chi connectivity index (χ2v) is 6.94. The summed E-state index contributed by atoms with van der Waals surface area (Å²) < 4.78 is 31.8. The summed E-state index contributed by atoms with van der Waals surface area (Å²) in [7, 11) is -2.37. The van der Waals surface area contributed by atoms with Crippen molar-refractivity contribution in [2.24, 2.45) is 5.84 Å². The molecule has 0 atom stereocenters. The van der Waals surface area contributed by atoms with Crippen LogP contribution in [-0.2, 0) is 21.4 Å². The summed E-state index contributed by atoms with van der Waals surface area (Å²) in [5.41, 5.74) is 2.72. The molecule has 0 aromatic heterocycles. The maximum Gasteiger partial charge on any atom is 0.249 e. The maximum absolute atomic E-state index is 12.9. The summed E-state index contributed by atoms with van der Waals surface area (Å²) in [6.07, 6.45) is 0. The lowest BCUT2D eigenvalue weighted by atomic mass is 10.2. The minimum atomic E-state index is -3.87. The van der Waals surface area contributed by atoms with Crippen LogP contribution in [0.15, 0.2) is 59.5 Å². The van der Waals surface area contributed by atoms with Crippen molar-refractivity contribution in [1.82, 2.24) is 9.73 Å². The number of hydrogen-bond acceptors (Lipinski definition) is 5. The Bertz CT molecular complexity index is 777. The third kappa shape index (κ3) is 4.31. The molecule has 24 heavy (non-hydrogen) atoms. The third-order valence-corrected chi connectivity index (χ3v) is 5.19. The van der Waals surface area contributed by atoms with E-state index in [1.165, 1.54) is 19.2 Å². The number of carbonyl (C=O) groups excluding carboxylic acids is 1. The van der Waals surface area contributed by atoms with Gasteiger partial charge in [-0.3, -0.25) is 10.2 Å². The highest BCUT2D eigenvalue weighted by atomic mass is 32.2. The number of ether oxygens (including phenoxy) is 1. The molecule has 8 heteroatoms. The fourth-order valence-electron chi connectivity index (χ4n) is 2.12. The number of sulfonamides is 1. The number of methoxy groups -OCH3 is 1. The minimum absolute atomic E-state index is 0.0582. The fourth-order valence-corrected chi connectivity index (χ4v) is 3.50. The summed E-state index contributed by atoms with van der Waals surface area (Å²) in [6.45, 7) is -0.317. The molecule has 0 aliphatic heterocycles. The number of benzene rings is 2. The predicted octanol–water partition coefficient (Wildman–Crippen LogP) is 0.876. The molecule has 0 radical (unpaired) electrons. The zero-order chi connectivity index (χ0) is 17.6. The van der Waals surface area contributed by atoms with Crippen molar-refractivity contribution < 1.29 is 17.9 Å². The number of carbonyl (C=O) groups is 1. The van der Waals surface area contributed by atoms with Crippen molar-refractivity contribution in [3.63, 3.8) is 0 Å². The molecule has 0 spiro atoms. The van der Waals surface area contributed by atoms with E-state index >= 15 is 0 Å². The van der Waals surface area contributed by atoms with Gasteiger partial charge in [0.25, 0.3) is 0 Å². The largest absolute Gasteiger partial charge is 0.497 e. The zero-order valence-electron chi connectivity index (χ0n) is 13.2. The van der Waals surface area contributed by atoms with E-state index in [9.17, 15) is 13.2 Å². The fraction of sp³-hybridized carbons (Fsp3) is 0.188. The van der Waals surface area contributed by atoms with Crippen molar-refractivity contribution >= 4 is 15.9 Å². The molecule has 1 amide bonds. The first-order valence-corrected chi connectivity index (χ1v) is 8.59. The average Bonchev–Trinajstić information content (AvgIpc) is 2.62. The Morgan fingerprint density at radius 1 is 1.12 bits per heavy atom. The summed E-state index contributed by atoms with van der Waals surface area (Å²) in [6, 6.07) is 15.0. The molecule has 0 heterocycles. The van der Waals surface area contributed by atoms with Crippen molar-refractivity contribution in [3.8, 4) is 5.75 Å². The number of rotatable bonds is 7. The predicted molar refractivity (Wildman–Crippen MR) is 89.4 cm³/mol. The quantitative estimate of drug-likeness (QED) is 0.439. The maximum atomic E-state index is 12.9. The summed E-state index contributed by atoms with van der Waals surface area (Å²) in [4.78, 5) is 11.7. The molecule has 0 unspecified atom stereocenters. The zero-order valence-corrected chi connectivity index (χ0v) is 14.0. The van der Waals surface area contributed by atoms with Gasteiger partial charge in [0.2, 0.25) is 15.9 Å². The van der Waals surface area contributed by atoms with E-state index in [0.717, 1.165) is 9.87 Å². The van der Waals surface area contributed by atoms with E-state index < -0.39 is 15.9 Å². The number of hydrogen-bond donors (Lipinski definition) is 2. The van der Waals surface area contributed by atoms with Gasteiger partial charge in [-0.15, -0.1) is 0 Å². The Balaban J connectivity index is 2.34. The van der Waals surface area contributed by atoms with Gasteiger partial charge in [-0.05, 0) is 29.8 Å². The number of nitrogens with one attached hydrogen (secondary N) is 1. The SMILES string of the molecule is COc1ccc(S(=O)(=O)N(CC(=O)NN)Cc2ccccc2)cc1. The lowest BCUT2D eigenvalue weighted by Gasteiger charge is -2.21. The van der Waals surface area contributed by atoms with Gasteiger partial charge >= 0.3 is 0 Å². The molecule has 0 saturated heterocycles. The van der Waals surface area contributed by atoms with Crippen LogP contribution in [0.1, 0.15) is 5.56 Å². The average molecular weight is 349 g/mol. The molecular weight excluding hydrogens is 330 g/mol.